The zero-order valence-electron chi connectivity index (χ0n) is 16.6. The Kier molecular flexibility index (Phi) is 5.45. The number of sulfone groups is 1. The Bertz CT molecular complexity index is 992. The molecular weight excluding hydrogens is 420 g/mol. The molecule has 2 aliphatic rings. The van der Waals surface area contributed by atoms with E-state index in [0.29, 0.717) is 19.2 Å². The summed E-state index contributed by atoms with van der Waals surface area (Å²) >= 11 is 0. The Labute approximate surface area is 172 Å². The standard InChI is InChI=1S/C17H22N4O8S/c1-17(2,3)29-16(22)19-7-11-12(8-19)15(11)18-9-30(27,28)14-5-4-10(20(23)24)6-13(14)21(25)26/h4-6,11-12,15,18H,7-9H2,1-3H3/t11-,12+,15?. The number of ether oxygens (including phenoxy) is 1. The lowest BCUT2D eigenvalue weighted by Crippen LogP contribution is -2.39. The SMILES string of the molecule is CC(C)(C)OC(=O)N1C[C@@H]2C(NCS(=O)(=O)c3ccc([N+](=O)[O-])cc3[N+](=O)[O-])[C@@H]2C1. The first kappa shape index (κ1) is 21.9. The number of amides is 1. The maximum absolute atomic E-state index is 12.6. The molecule has 13 heteroatoms. The Hall–Kier alpha value is -2.80. The summed E-state index contributed by atoms with van der Waals surface area (Å²) in [7, 11) is -4.10. The number of hydrogen-bond acceptors (Lipinski definition) is 9. The Balaban J connectivity index is 1.61. The van der Waals surface area contributed by atoms with Crippen molar-refractivity contribution in [2.24, 2.45) is 11.8 Å². The molecule has 164 valence electrons. The third kappa shape index (κ3) is 4.51. The van der Waals surface area contributed by atoms with Gasteiger partial charge in [0, 0.05) is 25.2 Å². The van der Waals surface area contributed by atoms with Gasteiger partial charge in [0.2, 0.25) is 0 Å². The van der Waals surface area contributed by atoms with Crippen LogP contribution in [0.15, 0.2) is 23.1 Å². The van der Waals surface area contributed by atoms with Gasteiger partial charge in [-0.1, -0.05) is 0 Å². The van der Waals surface area contributed by atoms with Gasteiger partial charge in [-0.15, -0.1) is 0 Å². The van der Waals surface area contributed by atoms with E-state index in [1.165, 1.54) is 0 Å². The topological polar surface area (TPSA) is 162 Å². The number of nitrogens with one attached hydrogen (secondary N) is 1. The van der Waals surface area contributed by atoms with Crippen LogP contribution in [0.4, 0.5) is 16.2 Å². The van der Waals surface area contributed by atoms with E-state index < -0.39 is 53.5 Å². The van der Waals surface area contributed by atoms with Crippen molar-refractivity contribution >= 4 is 27.3 Å². The van der Waals surface area contributed by atoms with E-state index in [1.54, 1.807) is 25.7 Å². The van der Waals surface area contributed by atoms with Crippen molar-refractivity contribution in [3.63, 3.8) is 0 Å². The lowest BCUT2D eigenvalue weighted by molar-refractivity contribution is -0.396. The predicted molar refractivity (Wildman–Crippen MR) is 104 cm³/mol. The van der Waals surface area contributed by atoms with Crippen LogP contribution in [0.5, 0.6) is 0 Å². The molecule has 1 unspecified atom stereocenters. The van der Waals surface area contributed by atoms with E-state index in [1.807, 2.05) is 0 Å². The van der Waals surface area contributed by atoms with Gasteiger partial charge in [0.25, 0.3) is 11.4 Å². The van der Waals surface area contributed by atoms with Crippen LogP contribution >= 0.6 is 0 Å². The van der Waals surface area contributed by atoms with Crippen LogP contribution in [-0.4, -0.2) is 59.9 Å². The third-order valence-corrected chi connectivity index (χ3v) is 6.60. The van der Waals surface area contributed by atoms with Crippen LogP contribution in [0.1, 0.15) is 20.8 Å². The van der Waals surface area contributed by atoms with E-state index in [4.69, 9.17) is 4.74 Å². The number of non-ortho nitro benzene ring substituents is 1. The van der Waals surface area contributed by atoms with Gasteiger partial charge in [-0.3, -0.25) is 25.5 Å². The van der Waals surface area contributed by atoms with E-state index in [0.717, 1.165) is 12.1 Å². The van der Waals surface area contributed by atoms with Crippen molar-refractivity contribution in [2.45, 2.75) is 37.3 Å². The number of carbonyl (C=O) groups excluding carboxylic acids is 1. The molecule has 1 saturated carbocycles. The third-order valence-electron chi connectivity index (χ3n) is 5.04. The van der Waals surface area contributed by atoms with Crippen LogP contribution in [0.3, 0.4) is 0 Å². The summed E-state index contributed by atoms with van der Waals surface area (Å²) in [5, 5.41) is 24.9. The number of nitro benzene ring substituents is 2. The Morgan fingerprint density at radius 1 is 1.20 bits per heavy atom. The first-order chi connectivity index (χ1) is 13.8. The van der Waals surface area contributed by atoms with Crippen molar-refractivity contribution in [3.05, 3.63) is 38.4 Å². The van der Waals surface area contributed by atoms with Gasteiger partial charge in [-0.2, -0.15) is 0 Å². The fourth-order valence-electron chi connectivity index (χ4n) is 3.61. The lowest BCUT2D eigenvalue weighted by atomic mass is 10.2. The van der Waals surface area contributed by atoms with Gasteiger partial charge in [0.15, 0.2) is 9.84 Å². The molecule has 1 aromatic carbocycles. The summed E-state index contributed by atoms with van der Waals surface area (Å²) in [5.74, 6) is -0.380. The van der Waals surface area contributed by atoms with Crippen LogP contribution in [-0.2, 0) is 14.6 Å². The molecule has 0 spiro atoms. The van der Waals surface area contributed by atoms with E-state index in [9.17, 15) is 33.4 Å². The van der Waals surface area contributed by atoms with Crippen LogP contribution in [0.25, 0.3) is 0 Å². The highest BCUT2D eigenvalue weighted by Gasteiger charge is 2.57. The Morgan fingerprint density at radius 2 is 1.80 bits per heavy atom. The quantitative estimate of drug-likeness (QED) is 0.510. The van der Waals surface area contributed by atoms with E-state index in [-0.39, 0.29) is 17.9 Å². The molecule has 1 aromatic rings. The minimum Gasteiger partial charge on any atom is -0.444 e. The molecule has 12 nitrogen and oxygen atoms in total. The monoisotopic (exact) mass is 442 g/mol. The van der Waals surface area contributed by atoms with E-state index >= 15 is 0 Å². The summed E-state index contributed by atoms with van der Waals surface area (Å²) < 4.78 is 30.5. The largest absolute Gasteiger partial charge is 0.444 e. The van der Waals surface area contributed by atoms with Crippen LogP contribution in [0, 0.1) is 32.1 Å². The molecule has 2 fully saturated rings. The normalized spacial score (nSPS) is 23.0. The first-order valence-electron chi connectivity index (χ1n) is 9.17. The van der Waals surface area contributed by atoms with Gasteiger partial charge in [0.05, 0.1) is 15.9 Å². The highest BCUT2D eigenvalue weighted by molar-refractivity contribution is 7.91. The number of rotatable bonds is 6. The van der Waals surface area contributed by atoms with Gasteiger partial charge in [-0.05, 0) is 38.7 Å². The number of nitro groups is 2. The number of hydrogen-bond donors (Lipinski definition) is 1. The zero-order valence-corrected chi connectivity index (χ0v) is 17.4. The number of likely N-dealkylation sites (tertiary alicyclic amines) is 1. The zero-order chi connectivity index (χ0) is 22.4. The summed E-state index contributed by atoms with van der Waals surface area (Å²) in [6.07, 6.45) is -0.414. The number of nitrogens with zero attached hydrogens (tertiary/aromatic N) is 3. The summed E-state index contributed by atoms with van der Waals surface area (Å²) in [6, 6.07) is 2.31. The second-order valence-corrected chi connectivity index (χ2v) is 10.3. The molecule has 1 amide bonds. The fraction of sp³-hybridized carbons (Fsp3) is 0.588. The summed E-state index contributed by atoms with van der Waals surface area (Å²) in [5.41, 5.74) is -2.00. The minimum atomic E-state index is -4.10. The van der Waals surface area contributed by atoms with Crippen LogP contribution < -0.4 is 5.32 Å². The van der Waals surface area contributed by atoms with Gasteiger partial charge in [-0.25, -0.2) is 13.2 Å². The molecule has 0 bridgehead atoms. The molecule has 1 heterocycles. The summed E-state index contributed by atoms with van der Waals surface area (Å²) in [4.78, 5) is 33.3. The average Bonchev–Trinajstić information content (AvgIpc) is 3.07. The van der Waals surface area contributed by atoms with Crippen molar-refractivity contribution in [1.82, 2.24) is 10.2 Å². The first-order valence-corrected chi connectivity index (χ1v) is 10.8. The molecular formula is C17H22N4O8S. The van der Waals surface area contributed by atoms with Crippen molar-refractivity contribution in [1.29, 1.82) is 0 Å². The summed E-state index contributed by atoms with van der Waals surface area (Å²) in [6.45, 7) is 6.20. The molecule has 1 aliphatic carbocycles. The molecule has 1 aliphatic heterocycles. The van der Waals surface area contributed by atoms with Gasteiger partial charge >= 0.3 is 6.09 Å². The van der Waals surface area contributed by atoms with Gasteiger partial charge < -0.3 is 9.64 Å². The molecule has 3 atom stereocenters. The maximum Gasteiger partial charge on any atom is 0.410 e. The Morgan fingerprint density at radius 3 is 2.30 bits per heavy atom. The highest BCUT2D eigenvalue weighted by Crippen LogP contribution is 2.46. The number of fused-ring (bicyclic) bond motifs is 1. The molecule has 30 heavy (non-hydrogen) atoms. The number of piperidine rings is 1. The molecule has 0 radical (unpaired) electrons. The predicted octanol–water partition coefficient (Wildman–Crippen LogP) is 1.69. The van der Waals surface area contributed by atoms with Crippen molar-refractivity contribution in [3.8, 4) is 0 Å². The second kappa shape index (κ2) is 7.47. The van der Waals surface area contributed by atoms with E-state index in [2.05, 4.69) is 5.32 Å². The fourth-order valence-corrected chi connectivity index (χ4v) is 4.91. The maximum atomic E-state index is 12.6. The van der Waals surface area contributed by atoms with Crippen molar-refractivity contribution < 1.29 is 27.8 Å². The lowest BCUT2D eigenvalue weighted by Gasteiger charge is -2.26. The van der Waals surface area contributed by atoms with Crippen LogP contribution in [0.2, 0.25) is 0 Å². The van der Waals surface area contributed by atoms with Gasteiger partial charge in [0.1, 0.15) is 16.4 Å². The highest BCUT2D eigenvalue weighted by atomic mass is 32.2. The minimum absolute atomic E-state index is 0.0829. The molecule has 1 saturated heterocycles. The smallest absolute Gasteiger partial charge is 0.410 e. The average molecular weight is 442 g/mol. The molecule has 1 N–H and O–H groups in total. The number of benzene rings is 1. The second-order valence-electron chi connectivity index (χ2n) is 8.37. The van der Waals surface area contributed by atoms with Crippen molar-refractivity contribution in [2.75, 3.05) is 19.0 Å². The molecule has 3 rings (SSSR count). The number of carbonyl (C=O) groups is 1. The molecule has 0 aromatic heterocycles.